The lowest BCUT2D eigenvalue weighted by molar-refractivity contribution is -0.143. The number of carboxylic acid groups (broad SMARTS) is 1. The van der Waals surface area contributed by atoms with Gasteiger partial charge in [0.15, 0.2) is 6.04 Å². The second kappa shape index (κ2) is 7.12. The zero-order chi connectivity index (χ0) is 17.1. The summed E-state index contributed by atoms with van der Waals surface area (Å²) in [5, 5.41) is 19.0. The van der Waals surface area contributed by atoms with Gasteiger partial charge in [0.1, 0.15) is 0 Å². The molecule has 1 atom stereocenters. The minimum Gasteiger partial charge on any atom is -0.479 e. The number of carboxylic acids is 1. The van der Waals surface area contributed by atoms with E-state index in [-0.39, 0.29) is 11.8 Å². The van der Waals surface area contributed by atoms with Crippen molar-refractivity contribution in [3.05, 3.63) is 17.0 Å². The van der Waals surface area contributed by atoms with Crippen molar-refractivity contribution >= 4 is 11.9 Å². The first-order chi connectivity index (χ1) is 10.8. The van der Waals surface area contributed by atoms with E-state index in [4.69, 9.17) is 0 Å². The number of nitrogens with zero attached hydrogens (tertiary/aromatic N) is 2. The zero-order valence-electron chi connectivity index (χ0n) is 14.2. The summed E-state index contributed by atoms with van der Waals surface area (Å²) < 4.78 is 0. The predicted molar refractivity (Wildman–Crippen MR) is 86.0 cm³/mol. The van der Waals surface area contributed by atoms with Crippen LogP contribution in [0.2, 0.25) is 0 Å². The lowest BCUT2D eigenvalue weighted by Gasteiger charge is -2.34. The maximum Gasteiger partial charge on any atom is 0.331 e. The highest BCUT2D eigenvalue weighted by molar-refractivity contribution is 5.86. The monoisotopic (exact) mass is 322 g/mol. The Morgan fingerprint density at radius 3 is 2.35 bits per heavy atom. The molecular formula is C16H26N4O3. The summed E-state index contributed by atoms with van der Waals surface area (Å²) in [6.07, 6.45) is 1.53. The van der Waals surface area contributed by atoms with Gasteiger partial charge in [-0.15, -0.1) is 0 Å². The summed E-state index contributed by atoms with van der Waals surface area (Å²) in [4.78, 5) is 26.4. The summed E-state index contributed by atoms with van der Waals surface area (Å²) in [5.74, 6) is -1.37. The van der Waals surface area contributed by atoms with Crippen LogP contribution in [0.15, 0.2) is 0 Å². The number of hydrogen-bond donors (Lipinski definition) is 3. The van der Waals surface area contributed by atoms with E-state index < -0.39 is 12.0 Å². The molecule has 7 heteroatoms. The Morgan fingerprint density at radius 1 is 1.30 bits per heavy atom. The third-order valence-corrected chi connectivity index (χ3v) is 4.64. The van der Waals surface area contributed by atoms with E-state index in [1.54, 1.807) is 13.8 Å². The molecule has 2 rings (SSSR count). The van der Waals surface area contributed by atoms with E-state index in [1.807, 2.05) is 0 Å². The molecule has 23 heavy (non-hydrogen) atoms. The summed E-state index contributed by atoms with van der Waals surface area (Å²) in [5.41, 5.74) is 1.82. The number of nitrogens with one attached hydrogen (secondary N) is 2. The molecule has 0 radical (unpaired) electrons. The number of carbonyl (C=O) groups is 2. The molecule has 1 saturated heterocycles. The van der Waals surface area contributed by atoms with Gasteiger partial charge in [-0.3, -0.25) is 9.89 Å². The van der Waals surface area contributed by atoms with Crippen molar-refractivity contribution < 1.29 is 14.7 Å². The first-order valence-electron chi connectivity index (χ1n) is 8.10. The first kappa shape index (κ1) is 17.5. The summed E-state index contributed by atoms with van der Waals surface area (Å²) in [6, 6.07) is -0.577. The molecule has 1 aromatic heterocycles. The number of aryl methyl sites for hydroxylation is 2. The largest absolute Gasteiger partial charge is 0.479 e. The standard InChI is InChI=1S/C16H26N4O3/c1-9(2)20-7-5-12(6-8-20)15(21)17-14(16(22)23)13-10(3)18-19-11(13)4/h9,12,14H,5-8H2,1-4H3,(H,17,21)(H,18,19)(H,22,23). The van der Waals surface area contributed by atoms with Crippen LogP contribution in [0, 0.1) is 19.8 Å². The van der Waals surface area contributed by atoms with Crippen molar-refractivity contribution in [2.45, 2.75) is 52.6 Å². The number of piperidine rings is 1. The Bertz CT molecular complexity index is 554. The lowest BCUT2D eigenvalue weighted by Crippen LogP contribution is -2.45. The van der Waals surface area contributed by atoms with Gasteiger partial charge in [0, 0.05) is 23.2 Å². The van der Waals surface area contributed by atoms with Crippen LogP contribution < -0.4 is 5.32 Å². The third kappa shape index (κ3) is 3.90. The van der Waals surface area contributed by atoms with Gasteiger partial charge in [-0.25, -0.2) is 4.79 Å². The van der Waals surface area contributed by atoms with Crippen LogP contribution in [0.1, 0.15) is 49.7 Å². The number of H-pyrrole nitrogens is 1. The van der Waals surface area contributed by atoms with Crippen molar-refractivity contribution in [1.82, 2.24) is 20.4 Å². The van der Waals surface area contributed by atoms with Crippen molar-refractivity contribution in [2.75, 3.05) is 13.1 Å². The molecule has 1 fully saturated rings. The fourth-order valence-electron chi connectivity index (χ4n) is 3.18. The van der Waals surface area contributed by atoms with Crippen LogP contribution in [0.5, 0.6) is 0 Å². The van der Waals surface area contributed by atoms with Gasteiger partial charge < -0.3 is 15.3 Å². The average Bonchev–Trinajstić information content (AvgIpc) is 2.83. The highest BCUT2D eigenvalue weighted by atomic mass is 16.4. The van der Waals surface area contributed by atoms with Gasteiger partial charge in [0.2, 0.25) is 5.91 Å². The Labute approximate surface area is 136 Å². The molecule has 0 saturated carbocycles. The second-order valence-corrected chi connectivity index (χ2v) is 6.53. The van der Waals surface area contributed by atoms with Gasteiger partial charge in [0.25, 0.3) is 0 Å². The predicted octanol–water partition coefficient (Wildman–Crippen LogP) is 1.39. The van der Waals surface area contributed by atoms with Gasteiger partial charge in [0.05, 0.1) is 5.69 Å². The molecule has 0 bridgehead atoms. The quantitative estimate of drug-likeness (QED) is 0.761. The van der Waals surface area contributed by atoms with Crippen molar-refractivity contribution in [3.8, 4) is 0 Å². The number of rotatable bonds is 5. The Kier molecular flexibility index (Phi) is 5.41. The fraction of sp³-hybridized carbons (Fsp3) is 0.688. The van der Waals surface area contributed by atoms with Crippen LogP contribution >= 0.6 is 0 Å². The molecular weight excluding hydrogens is 296 g/mol. The van der Waals surface area contributed by atoms with Gasteiger partial charge in [-0.2, -0.15) is 5.10 Å². The van der Waals surface area contributed by atoms with Crippen LogP contribution in [0.4, 0.5) is 0 Å². The maximum absolute atomic E-state index is 12.5. The van der Waals surface area contributed by atoms with E-state index in [0.717, 1.165) is 25.9 Å². The average molecular weight is 322 g/mol. The maximum atomic E-state index is 12.5. The minimum atomic E-state index is -1.06. The zero-order valence-corrected chi connectivity index (χ0v) is 14.2. The molecule has 0 aliphatic carbocycles. The van der Waals surface area contributed by atoms with Crippen molar-refractivity contribution in [1.29, 1.82) is 0 Å². The molecule has 128 valence electrons. The topological polar surface area (TPSA) is 98.3 Å². The Morgan fingerprint density at radius 2 is 1.91 bits per heavy atom. The Balaban J connectivity index is 2.04. The molecule has 0 aromatic carbocycles. The number of aromatic nitrogens is 2. The molecule has 1 aliphatic rings. The van der Waals surface area contributed by atoms with Crippen LogP contribution in [-0.2, 0) is 9.59 Å². The van der Waals surface area contributed by atoms with Crippen LogP contribution in [0.25, 0.3) is 0 Å². The fourth-order valence-corrected chi connectivity index (χ4v) is 3.18. The highest BCUT2D eigenvalue weighted by Crippen LogP contribution is 2.23. The van der Waals surface area contributed by atoms with E-state index in [0.29, 0.717) is 23.0 Å². The number of carbonyl (C=O) groups excluding carboxylic acids is 1. The molecule has 1 amide bonds. The van der Waals surface area contributed by atoms with Gasteiger partial charge in [-0.1, -0.05) is 0 Å². The number of amides is 1. The molecule has 1 unspecified atom stereocenters. The molecule has 7 nitrogen and oxygen atoms in total. The van der Waals surface area contributed by atoms with E-state index >= 15 is 0 Å². The van der Waals surface area contributed by atoms with Crippen molar-refractivity contribution in [3.63, 3.8) is 0 Å². The van der Waals surface area contributed by atoms with E-state index in [1.165, 1.54) is 0 Å². The molecule has 0 spiro atoms. The normalized spacial score (nSPS) is 18.1. The number of hydrogen-bond acceptors (Lipinski definition) is 4. The summed E-state index contributed by atoms with van der Waals surface area (Å²) in [6.45, 7) is 9.53. The SMILES string of the molecule is Cc1n[nH]c(C)c1C(NC(=O)C1CCN(C(C)C)CC1)C(=O)O. The molecule has 1 aliphatic heterocycles. The van der Waals surface area contributed by atoms with E-state index in [9.17, 15) is 14.7 Å². The van der Waals surface area contributed by atoms with Gasteiger partial charge >= 0.3 is 5.97 Å². The third-order valence-electron chi connectivity index (χ3n) is 4.64. The smallest absolute Gasteiger partial charge is 0.331 e. The summed E-state index contributed by atoms with van der Waals surface area (Å²) >= 11 is 0. The first-order valence-corrected chi connectivity index (χ1v) is 8.10. The lowest BCUT2D eigenvalue weighted by atomic mass is 9.94. The summed E-state index contributed by atoms with van der Waals surface area (Å²) in [7, 11) is 0. The van der Waals surface area contributed by atoms with Crippen LogP contribution in [-0.4, -0.2) is 51.2 Å². The highest BCUT2D eigenvalue weighted by Gasteiger charge is 2.32. The Hall–Kier alpha value is -1.89. The minimum absolute atomic E-state index is 0.126. The molecule has 1 aromatic rings. The second-order valence-electron chi connectivity index (χ2n) is 6.53. The van der Waals surface area contributed by atoms with Crippen molar-refractivity contribution in [2.24, 2.45) is 5.92 Å². The number of likely N-dealkylation sites (tertiary alicyclic amines) is 1. The number of aliphatic carboxylic acids is 1. The molecule has 2 heterocycles. The number of aromatic amines is 1. The van der Waals surface area contributed by atoms with E-state index in [2.05, 4.69) is 34.3 Å². The van der Waals surface area contributed by atoms with Gasteiger partial charge in [-0.05, 0) is 53.6 Å². The van der Waals surface area contributed by atoms with Crippen LogP contribution in [0.3, 0.4) is 0 Å². The molecule has 3 N–H and O–H groups in total.